The first-order valence-electron chi connectivity index (χ1n) is 5.59. The molecule has 1 aromatic heterocycles. The van der Waals surface area contributed by atoms with Gasteiger partial charge in [-0.05, 0) is 38.3 Å². The fourth-order valence-electron chi connectivity index (χ4n) is 2.13. The van der Waals surface area contributed by atoms with Crippen LogP contribution in [0, 0.1) is 0 Å². The van der Waals surface area contributed by atoms with E-state index in [4.69, 9.17) is 4.42 Å². The summed E-state index contributed by atoms with van der Waals surface area (Å²) >= 11 is 0. The van der Waals surface area contributed by atoms with E-state index in [1.807, 2.05) is 17.0 Å². The summed E-state index contributed by atoms with van der Waals surface area (Å²) in [5.41, 5.74) is 0. The molecule has 1 amide bonds. The SMILES string of the molecule is CC1CCCCN1C(=O)Cc1ccco1. The first-order chi connectivity index (χ1) is 7.27. The topological polar surface area (TPSA) is 33.5 Å². The summed E-state index contributed by atoms with van der Waals surface area (Å²) in [4.78, 5) is 13.9. The van der Waals surface area contributed by atoms with Gasteiger partial charge in [0.25, 0.3) is 0 Å². The number of nitrogens with zero attached hydrogens (tertiary/aromatic N) is 1. The molecule has 3 heteroatoms. The fourth-order valence-corrected chi connectivity index (χ4v) is 2.13. The van der Waals surface area contributed by atoms with Gasteiger partial charge in [-0.15, -0.1) is 0 Å². The molecule has 0 saturated carbocycles. The second-order valence-corrected chi connectivity index (χ2v) is 4.19. The molecule has 15 heavy (non-hydrogen) atoms. The molecule has 1 aliphatic rings. The highest BCUT2D eigenvalue weighted by molar-refractivity contribution is 5.78. The first kappa shape index (κ1) is 10.3. The van der Waals surface area contributed by atoms with Gasteiger partial charge in [0.15, 0.2) is 0 Å². The third-order valence-corrected chi connectivity index (χ3v) is 3.03. The number of piperidine rings is 1. The van der Waals surface area contributed by atoms with Crippen LogP contribution in [0.25, 0.3) is 0 Å². The van der Waals surface area contributed by atoms with Crippen molar-refractivity contribution in [2.24, 2.45) is 0 Å². The van der Waals surface area contributed by atoms with E-state index in [2.05, 4.69) is 6.92 Å². The van der Waals surface area contributed by atoms with Crippen molar-refractivity contribution in [3.05, 3.63) is 24.2 Å². The molecule has 0 spiro atoms. The van der Waals surface area contributed by atoms with Crippen molar-refractivity contribution in [2.45, 2.75) is 38.6 Å². The molecule has 1 aliphatic heterocycles. The maximum absolute atomic E-state index is 11.9. The summed E-state index contributed by atoms with van der Waals surface area (Å²) in [6, 6.07) is 4.07. The summed E-state index contributed by atoms with van der Waals surface area (Å²) < 4.78 is 5.18. The molecule has 2 heterocycles. The zero-order chi connectivity index (χ0) is 10.7. The zero-order valence-corrected chi connectivity index (χ0v) is 9.11. The van der Waals surface area contributed by atoms with Gasteiger partial charge in [-0.2, -0.15) is 0 Å². The van der Waals surface area contributed by atoms with E-state index in [0.29, 0.717) is 12.5 Å². The predicted molar refractivity (Wildman–Crippen MR) is 57.4 cm³/mol. The summed E-state index contributed by atoms with van der Waals surface area (Å²) in [5, 5.41) is 0. The van der Waals surface area contributed by atoms with Crippen LogP contribution in [0.15, 0.2) is 22.8 Å². The Morgan fingerprint density at radius 1 is 1.60 bits per heavy atom. The van der Waals surface area contributed by atoms with Gasteiger partial charge >= 0.3 is 0 Å². The van der Waals surface area contributed by atoms with Gasteiger partial charge in [-0.25, -0.2) is 0 Å². The van der Waals surface area contributed by atoms with E-state index in [1.54, 1.807) is 6.26 Å². The predicted octanol–water partition coefficient (Wildman–Crippen LogP) is 2.22. The van der Waals surface area contributed by atoms with Crippen LogP contribution in [0.1, 0.15) is 31.9 Å². The second-order valence-electron chi connectivity index (χ2n) is 4.19. The average Bonchev–Trinajstić information content (AvgIpc) is 2.71. The number of likely N-dealkylation sites (tertiary alicyclic amines) is 1. The van der Waals surface area contributed by atoms with Crippen LogP contribution in [0.2, 0.25) is 0 Å². The van der Waals surface area contributed by atoms with Gasteiger partial charge in [0.1, 0.15) is 5.76 Å². The molecule has 1 fully saturated rings. The Morgan fingerprint density at radius 2 is 2.47 bits per heavy atom. The van der Waals surface area contributed by atoms with Crippen molar-refractivity contribution in [2.75, 3.05) is 6.54 Å². The highest BCUT2D eigenvalue weighted by atomic mass is 16.3. The summed E-state index contributed by atoms with van der Waals surface area (Å²) in [7, 11) is 0. The van der Waals surface area contributed by atoms with Crippen LogP contribution >= 0.6 is 0 Å². The third-order valence-electron chi connectivity index (χ3n) is 3.03. The maximum atomic E-state index is 11.9. The maximum Gasteiger partial charge on any atom is 0.230 e. The van der Waals surface area contributed by atoms with E-state index in [1.165, 1.54) is 6.42 Å². The molecule has 2 rings (SSSR count). The van der Waals surface area contributed by atoms with Crippen molar-refractivity contribution < 1.29 is 9.21 Å². The highest BCUT2D eigenvalue weighted by Gasteiger charge is 2.23. The van der Waals surface area contributed by atoms with E-state index in [0.717, 1.165) is 25.1 Å². The largest absolute Gasteiger partial charge is 0.469 e. The minimum Gasteiger partial charge on any atom is -0.469 e. The number of carbonyl (C=O) groups is 1. The number of furan rings is 1. The molecule has 0 aromatic carbocycles. The standard InChI is InChI=1S/C12H17NO2/c1-10-5-2-3-7-13(10)12(14)9-11-6-4-8-15-11/h4,6,8,10H,2-3,5,7,9H2,1H3. The first-order valence-corrected chi connectivity index (χ1v) is 5.59. The highest BCUT2D eigenvalue weighted by Crippen LogP contribution is 2.17. The molecule has 0 radical (unpaired) electrons. The van der Waals surface area contributed by atoms with Crippen LogP contribution in [0.3, 0.4) is 0 Å². The number of hydrogen-bond acceptors (Lipinski definition) is 2. The molecular weight excluding hydrogens is 190 g/mol. The van der Waals surface area contributed by atoms with E-state index in [-0.39, 0.29) is 5.91 Å². The van der Waals surface area contributed by atoms with Gasteiger partial charge in [0.05, 0.1) is 12.7 Å². The molecule has 1 saturated heterocycles. The molecular formula is C12H17NO2. The van der Waals surface area contributed by atoms with Crippen molar-refractivity contribution in [3.63, 3.8) is 0 Å². The van der Waals surface area contributed by atoms with E-state index < -0.39 is 0 Å². The smallest absolute Gasteiger partial charge is 0.230 e. The Morgan fingerprint density at radius 3 is 3.13 bits per heavy atom. The average molecular weight is 207 g/mol. The monoisotopic (exact) mass is 207 g/mol. The number of carbonyl (C=O) groups excluding carboxylic acids is 1. The second kappa shape index (κ2) is 4.51. The molecule has 0 N–H and O–H groups in total. The molecule has 82 valence electrons. The van der Waals surface area contributed by atoms with E-state index >= 15 is 0 Å². The molecule has 1 atom stereocenters. The Kier molecular flexibility index (Phi) is 3.09. The van der Waals surface area contributed by atoms with Crippen LogP contribution < -0.4 is 0 Å². The lowest BCUT2D eigenvalue weighted by Gasteiger charge is -2.33. The van der Waals surface area contributed by atoms with Gasteiger partial charge < -0.3 is 9.32 Å². The fraction of sp³-hybridized carbons (Fsp3) is 0.583. The number of rotatable bonds is 2. The molecule has 1 aromatic rings. The quantitative estimate of drug-likeness (QED) is 0.745. The molecule has 0 aliphatic carbocycles. The number of amides is 1. The van der Waals surface area contributed by atoms with Crippen molar-refractivity contribution in [3.8, 4) is 0 Å². The lowest BCUT2D eigenvalue weighted by Crippen LogP contribution is -2.42. The van der Waals surface area contributed by atoms with Crippen molar-refractivity contribution in [1.29, 1.82) is 0 Å². The lowest BCUT2D eigenvalue weighted by molar-refractivity contribution is -0.133. The number of hydrogen-bond donors (Lipinski definition) is 0. The normalized spacial score (nSPS) is 21.7. The van der Waals surface area contributed by atoms with E-state index in [9.17, 15) is 4.79 Å². The van der Waals surface area contributed by atoms with Crippen LogP contribution in [-0.4, -0.2) is 23.4 Å². The third kappa shape index (κ3) is 2.41. The Hall–Kier alpha value is -1.25. The van der Waals surface area contributed by atoms with Gasteiger partial charge in [0.2, 0.25) is 5.91 Å². The van der Waals surface area contributed by atoms with Gasteiger partial charge in [0, 0.05) is 12.6 Å². The van der Waals surface area contributed by atoms with Crippen LogP contribution in [-0.2, 0) is 11.2 Å². The minimum atomic E-state index is 0.192. The minimum absolute atomic E-state index is 0.192. The van der Waals surface area contributed by atoms with Crippen molar-refractivity contribution >= 4 is 5.91 Å². The molecule has 3 nitrogen and oxygen atoms in total. The zero-order valence-electron chi connectivity index (χ0n) is 9.11. The van der Waals surface area contributed by atoms with Crippen molar-refractivity contribution in [1.82, 2.24) is 4.90 Å². The Bertz CT molecular complexity index is 318. The Balaban J connectivity index is 1.95. The Labute approximate surface area is 90.1 Å². The molecule has 0 bridgehead atoms. The summed E-state index contributed by atoms with van der Waals surface area (Å²) in [5.74, 6) is 0.954. The van der Waals surface area contributed by atoms with Gasteiger partial charge in [-0.3, -0.25) is 4.79 Å². The lowest BCUT2D eigenvalue weighted by atomic mass is 10.0. The summed E-state index contributed by atoms with van der Waals surface area (Å²) in [6.07, 6.45) is 5.52. The van der Waals surface area contributed by atoms with Crippen LogP contribution in [0.5, 0.6) is 0 Å². The molecule has 1 unspecified atom stereocenters. The van der Waals surface area contributed by atoms with Gasteiger partial charge in [-0.1, -0.05) is 0 Å². The van der Waals surface area contributed by atoms with Crippen LogP contribution in [0.4, 0.5) is 0 Å². The summed E-state index contributed by atoms with van der Waals surface area (Å²) in [6.45, 7) is 3.03.